The maximum absolute atomic E-state index is 11.6. The van der Waals surface area contributed by atoms with Crippen molar-refractivity contribution in [3.05, 3.63) is 59.7 Å². The molecule has 30 heavy (non-hydrogen) atoms. The van der Waals surface area contributed by atoms with Crippen LogP contribution in [-0.2, 0) is 16.1 Å². The summed E-state index contributed by atoms with van der Waals surface area (Å²) in [6.45, 7) is 8.63. The number of hydrazine groups is 1. The maximum atomic E-state index is 11.6. The summed E-state index contributed by atoms with van der Waals surface area (Å²) in [7, 11) is 0. The van der Waals surface area contributed by atoms with Crippen molar-refractivity contribution < 1.29 is 19.0 Å². The molecule has 1 unspecified atom stereocenters. The van der Waals surface area contributed by atoms with Crippen molar-refractivity contribution in [1.29, 1.82) is 0 Å². The summed E-state index contributed by atoms with van der Waals surface area (Å²) >= 11 is 0. The lowest BCUT2D eigenvalue weighted by Gasteiger charge is -2.31. The quantitative estimate of drug-likeness (QED) is 0.357. The number of hydrogen-bond donors (Lipinski definition) is 2. The van der Waals surface area contributed by atoms with Crippen molar-refractivity contribution in [1.82, 2.24) is 0 Å². The van der Waals surface area contributed by atoms with Gasteiger partial charge in [-0.25, -0.2) is 0 Å². The van der Waals surface area contributed by atoms with Crippen molar-refractivity contribution in [2.24, 2.45) is 5.84 Å². The minimum absolute atomic E-state index is 0.203. The third kappa shape index (κ3) is 6.52. The van der Waals surface area contributed by atoms with E-state index in [1.807, 2.05) is 75.4 Å². The van der Waals surface area contributed by atoms with Gasteiger partial charge in [-0.1, -0.05) is 32.1 Å². The molecule has 0 amide bonds. The lowest BCUT2D eigenvalue weighted by Crippen LogP contribution is -2.32. The maximum Gasteiger partial charge on any atom is 0.305 e. The van der Waals surface area contributed by atoms with E-state index in [2.05, 4.69) is 5.43 Å². The average molecular weight is 413 g/mol. The molecule has 1 aliphatic rings. The van der Waals surface area contributed by atoms with Gasteiger partial charge < -0.3 is 19.6 Å². The number of ether oxygens (including phenoxy) is 3. The van der Waals surface area contributed by atoms with Gasteiger partial charge in [-0.05, 0) is 55.8 Å². The molecule has 3 rings (SSSR count). The van der Waals surface area contributed by atoms with Crippen LogP contribution in [0, 0.1) is 0 Å². The molecule has 0 aromatic heterocycles. The van der Waals surface area contributed by atoms with Crippen LogP contribution in [0.15, 0.2) is 48.5 Å². The zero-order valence-electron chi connectivity index (χ0n) is 18.2. The van der Waals surface area contributed by atoms with E-state index in [0.717, 1.165) is 28.3 Å². The van der Waals surface area contributed by atoms with Crippen LogP contribution in [-0.4, -0.2) is 18.2 Å². The molecule has 0 spiro atoms. The summed E-state index contributed by atoms with van der Waals surface area (Å²) in [5.41, 5.74) is 4.93. The van der Waals surface area contributed by atoms with Gasteiger partial charge in [-0.3, -0.25) is 10.6 Å². The predicted octanol–water partition coefficient (Wildman–Crippen LogP) is 5.09. The topological polar surface area (TPSA) is 82.8 Å². The first kappa shape index (κ1) is 23.3. The van der Waals surface area contributed by atoms with Crippen LogP contribution in [0.3, 0.4) is 0 Å². The van der Waals surface area contributed by atoms with Gasteiger partial charge in [0.25, 0.3) is 0 Å². The summed E-state index contributed by atoms with van der Waals surface area (Å²) in [4.78, 5) is 11.6. The third-order valence-electron chi connectivity index (χ3n) is 4.60. The van der Waals surface area contributed by atoms with E-state index in [9.17, 15) is 4.79 Å². The van der Waals surface area contributed by atoms with Crippen molar-refractivity contribution in [3.8, 4) is 11.5 Å². The fraction of sp³-hybridized carbons (Fsp3) is 0.375. The van der Waals surface area contributed by atoms with Crippen molar-refractivity contribution >= 4 is 17.7 Å². The van der Waals surface area contributed by atoms with E-state index in [1.54, 1.807) is 6.92 Å². The number of fused-ring (bicyclic) bond motifs is 1. The number of anilines is 1. The van der Waals surface area contributed by atoms with E-state index in [-0.39, 0.29) is 5.97 Å². The number of nitrogen functional groups attached to an aromatic ring is 1. The van der Waals surface area contributed by atoms with E-state index in [4.69, 9.17) is 20.1 Å². The van der Waals surface area contributed by atoms with Gasteiger partial charge in [0.1, 0.15) is 23.7 Å². The van der Waals surface area contributed by atoms with Crippen molar-refractivity contribution in [2.45, 2.75) is 52.7 Å². The number of hydrogen-bond acceptors (Lipinski definition) is 6. The van der Waals surface area contributed by atoms with Crippen molar-refractivity contribution in [3.63, 3.8) is 0 Å². The summed E-state index contributed by atoms with van der Waals surface area (Å²) in [6.07, 6.45) is 4.88. The summed E-state index contributed by atoms with van der Waals surface area (Å²) in [6, 6.07) is 13.5. The Bertz CT molecular complexity index is 849. The normalized spacial score (nSPS) is 16.4. The molecule has 0 saturated carbocycles. The Kier molecular flexibility index (Phi) is 8.74. The zero-order chi connectivity index (χ0) is 22.0. The molecule has 0 fully saturated rings. The highest BCUT2D eigenvalue weighted by Gasteiger charge is 2.28. The Morgan fingerprint density at radius 1 is 1.17 bits per heavy atom. The monoisotopic (exact) mass is 412 g/mol. The highest BCUT2D eigenvalue weighted by Crippen LogP contribution is 2.35. The van der Waals surface area contributed by atoms with Crippen LogP contribution in [0.2, 0.25) is 0 Å². The standard InChI is InChI=1S/C22H26N2O4.C2H6/c1-3-26-21(25)11-13-22(2)12-10-17-14-19(8-9-20(17)28-22)27-15-16-4-6-18(24-23)7-5-16;1-2/h4-10,12,14,24H,3,11,13,15,23H2,1-2H3;1-2H3. The molecular formula is C24H32N2O4. The van der Waals surface area contributed by atoms with Gasteiger partial charge in [0.15, 0.2) is 0 Å². The minimum Gasteiger partial charge on any atom is -0.489 e. The predicted molar refractivity (Wildman–Crippen MR) is 120 cm³/mol. The molecule has 162 valence electrons. The van der Waals surface area contributed by atoms with Crippen LogP contribution >= 0.6 is 0 Å². The first-order valence-corrected chi connectivity index (χ1v) is 10.4. The molecule has 6 nitrogen and oxygen atoms in total. The fourth-order valence-electron chi connectivity index (χ4n) is 2.97. The van der Waals surface area contributed by atoms with Crippen LogP contribution in [0.25, 0.3) is 6.08 Å². The summed E-state index contributed by atoms with van der Waals surface area (Å²) in [5.74, 6) is 6.71. The second kappa shape index (κ2) is 11.3. The second-order valence-electron chi connectivity index (χ2n) is 6.88. The van der Waals surface area contributed by atoms with Crippen LogP contribution < -0.4 is 20.7 Å². The molecule has 3 N–H and O–H groups in total. The largest absolute Gasteiger partial charge is 0.489 e. The average Bonchev–Trinajstić information content (AvgIpc) is 2.78. The fourth-order valence-corrected chi connectivity index (χ4v) is 2.97. The number of carbonyl (C=O) groups is 1. The Morgan fingerprint density at radius 3 is 2.57 bits per heavy atom. The third-order valence-corrected chi connectivity index (χ3v) is 4.60. The Labute approximate surface area is 179 Å². The van der Waals surface area contributed by atoms with E-state index in [0.29, 0.717) is 26.1 Å². The Balaban J connectivity index is 0.00000155. The molecule has 0 saturated heterocycles. The summed E-state index contributed by atoms with van der Waals surface area (Å²) in [5, 5.41) is 0. The number of nitrogens with one attached hydrogen (secondary N) is 1. The number of carbonyl (C=O) groups excluding carboxylic acids is 1. The first-order chi connectivity index (χ1) is 14.5. The smallest absolute Gasteiger partial charge is 0.305 e. The van der Waals surface area contributed by atoms with Gasteiger partial charge in [0.2, 0.25) is 0 Å². The van der Waals surface area contributed by atoms with E-state index in [1.165, 1.54) is 0 Å². The lowest BCUT2D eigenvalue weighted by atomic mass is 9.95. The van der Waals surface area contributed by atoms with Crippen molar-refractivity contribution in [2.75, 3.05) is 12.0 Å². The second-order valence-corrected chi connectivity index (χ2v) is 6.88. The molecule has 2 aromatic rings. The number of nitrogens with two attached hydrogens (primary N) is 1. The molecule has 0 radical (unpaired) electrons. The Morgan fingerprint density at radius 2 is 1.90 bits per heavy atom. The molecule has 1 heterocycles. The lowest BCUT2D eigenvalue weighted by molar-refractivity contribution is -0.143. The number of esters is 1. The highest BCUT2D eigenvalue weighted by molar-refractivity contribution is 5.70. The van der Waals surface area contributed by atoms with Crippen LogP contribution in [0.5, 0.6) is 11.5 Å². The molecule has 1 atom stereocenters. The van der Waals surface area contributed by atoms with Crippen LogP contribution in [0.4, 0.5) is 5.69 Å². The molecule has 0 bridgehead atoms. The number of rotatable bonds is 8. The van der Waals surface area contributed by atoms with E-state index >= 15 is 0 Å². The minimum atomic E-state index is -0.527. The molecule has 0 aliphatic carbocycles. The van der Waals surface area contributed by atoms with Gasteiger partial charge in [0.05, 0.1) is 6.61 Å². The SMILES string of the molecule is CC.CCOC(=O)CCC1(C)C=Cc2cc(OCc3ccc(NN)cc3)ccc2O1. The number of benzene rings is 2. The van der Waals surface area contributed by atoms with Gasteiger partial charge >= 0.3 is 5.97 Å². The van der Waals surface area contributed by atoms with Gasteiger partial charge in [-0.2, -0.15) is 0 Å². The highest BCUT2D eigenvalue weighted by atomic mass is 16.5. The molecule has 1 aliphatic heterocycles. The van der Waals surface area contributed by atoms with E-state index < -0.39 is 5.60 Å². The molecule has 6 heteroatoms. The first-order valence-electron chi connectivity index (χ1n) is 10.4. The van der Waals surface area contributed by atoms with Gasteiger partial charge in [0, 0.05) is 24.1 Å². The summed E-state index contributed by atoms with van der Waals surface area (Å²) < 4.78 is 17.0. The molecular weight excluding hydrogens is 380 g/mol. The van der Waals surface area contributed by atoms with Crippen LogP contribution in [0.1, 0.15) is 51.7 Å². The molecule has 2 aromatic carbocycles. The van der Waals surface area contributed by atoms with Gasteiger partial charge in [-0.15, -0.1) is 0 Å². The zero-order valence-corrected chi connectivity index (χ0v) is 18.2. The Hall–Kier alpha value is -2.99.